The molecular formula is C16H20N4O3. The Labute approximate surface area is 133 Å². The van der Waals surface area contributed by atoms with E-state index in [9.17, 15) is 14.4 Å². The number of benzene rings is 1. The van der Waals surface area contributed by atoms with Crippen molar-refractivity contribution in [3.05, 3.63) is 68.5 Å². The van der Waals surface area contributed by atoms with E-state index in [1.807, 2.05) is 30.3 Å². The number of H-pyrrole nitrogens is 1. The summed E-state index contributed by atoms with van der Waals surface area (Å²) < 4.78 is 1.17. The third-order valence-corrected chi connectivity index (χ3v) is 3.54. The van der Waals surface area contributed by atoms with Gasteiger partial charge in [0.05, 0.1) is 0 Å². The molecule has 0 saturated heterocycles. The van der Waals surface area contributed by atoms with Gasteiger partial charge in [0.1, 0.15) is 5.56 Å². The second-order valence-electron chi connectivity index (χ2n) is 5.23. The van der Waals surface area contributed by atoms with Crippen LogP contribution in [0.15, 0.2) is 46.1 Å². The topological polar surface area (TPSA) is 101 Å². The van der Waals surface area contributed by atoms with Crippen LogP contribution in [0.4, 0.5) is 0 Å². The molecule has 23 heavy (non-hydrogen) atoms. The second kappa shape index (κ2) is 7.55. The molecule has 0 bridgehead atoms. The van der Waals surface area contributed by atoms with Crippen molar-refractivity contribution < 1.29 is 4.79 Å². The molecule has 0 atom stereocenters. The second-order valence-corrected chi connectivity index (χ2v) is 5.23. The molecule has 0 unspecified atom stereocenters. The third kappa shape index (κ3) is 4.17. The molecule has 1 heterocycles. The standard InChI is InChI=1S/C16H20N4O3/c1-19-11-13(14(21)18-16(19)23)15(22)20(10-8-17)9-7-12-5-3-2-4-6-12/h2-6,11H,7-10,17H2,1H3,(H,18,21,23). The molecule has 1 aromatic carbocycles. The zero-order chi connectivity index (χ0) is 16.8. The Morgan fingerprint density at radius 3 is 2.57 bits per heavy atom. The molecule has 0 radical (unpaired) electrons. The average molecular weight is 316 g/mol. The number of amides is 1. The molecule has 0 aliphatic heterocycles. The highest BCUT2D eigenvalue weighted by Crippen LogP contribution is 2.04. The lowest BCUT2D eigenvalue weighted by atomic mass is 10.1. The first kappa shape index (κ1) is 16.7. The van der Waals surface area contributed by atoms with Gasteiger partial charge in [-0.2, -0.15) is 0 Å². The average Bonchev–Trinajstić information content (AvgIpc) is 2.55. The monoisotopic (exact) mass is 316 g/mol. The lowest BCUT2D eigenvalue weighted by Crippen LogP contribution is -2.41. The van der Waals surface area contributed by atoms with Crippen molar-refractivity contribution in [2.45, 2.75) is 6.42 Å². The predicted molar refractivity (Wildman–Crippen MR) is 87.4 cm³/mol. The molecule has 0 saturated carbocycles. The van der Waals surface area contributed by atoms with Gasteiger partial charge in [0.15, 0.2) is 0 Å². The van der Waals surface area contributed by atoms with E-state index >= 15 is 0 Å². The van der Waals surface area contributed by atoms with Crippen LogP contribution in [0.2, 0.25) is 0 Å². The first-order chi connectivity index (χ1) is 11.0. The van der Waals surface area contributed by atoms with Gasteiger partial charge in [-0.15, -0.1) is 0 Å². The van der Waals surface area contributed by atoms with Crippen LogP contribution < -0.4 is 17.0 Å². The maximum absolute atomic E-state index is 12.6. The van der Waals surface area contributed by atoms with Crippen LogP contribution in [-0.4, -0.2) is 40.0 Å². The summed E-state index contributed by atoms with van der Waals surface area (Å²) in [5, 5.41) is 0. The number of rotatable bonds is 6. The summed E-state index contributed by atoms with van der Waals surface area (Å²) in [5.74, 6) is -0.428. The van der Waals surface area contributed by atoms with Crippen molar-refractivity contribution in [2.75, 3.05) is 19.6 Å². The molecule has 7 heteroatoms. The van der Waals surface area contributed by atoms with Crippen LogP contribution >= 0.6 is 0 Å². The van der Waals surface area contributed by atoms with Gasteiger partial charge in [0, 0.05) is 32.9 Å². The van der Waals surface area contributed by atoms with E-state index < -0.39 is 17.2 Å². The zero-order valence-electron chi connectivity index (χ0n) is 13.0. The molecule has 3 N–H and O–H groups in total. The molecule has 0 fully saturated rings. The van der Waals surface area contributed by atoms with Crippen molar-refractivity contribution in [2.24, 2.45) is 12.8 Å². The van der Waals surface area contributed by atoms with Gasteiger partial charge in [-0.3, -0.25) is 14.6 Å². The number of nitrogens with one attached hydrogen (secondary N) is 1. The smallest absolute Gasteiger partial charge is 0.328 e. The van der Waals surface area contributed by atoms with Crippen LogP contribution in [0.1, 0.15) is 15.9 Å². The van der Waals surface area contributed by atoms with Gasteiger partial charge in [0.2, 0.25) is 0 Å². The Kier molecular flexibility index (Phi) is 5.48. The normalized spacial score (nSPS) is 10.5. The maximum atomic E-state index is 12.6. The summed E-state index contributed by atoms with van der Waals surface area (Å²) in [6.45, 7) is 1.08. The summed E-state index contributed by atoms with van der Waals surface area (Å²) in [6, 6.07) is 9.74. The highest BCUT2D eigenvalue weighted by atomic mass is 16.2. The first-order valence-corrected chi connectivity index (χ1v) is 7.36. The van der Waals surface area contributed by atoms with Gasteiger partial charge in [-0.25, -0.2) is 4.79 Å². The summed E-state index contributed by atoms with van der Waals surface area (Å²) in [7, 11) is 1.48. The minimum absolute atomic E-state index is 0.0615. The molecule has 0 spiro atoms. The molecule has 2 aromatic rings. The van der Waals surface area contributed by atoms with E-state index in [0.717, 1.165) is 5.56 Å². The molecule has 122 valence electrons. The number of hydrogen-bond acceptors (Lipinski definition) is 4. The number of aromatic amines is 1. The minimum atomic E-state index is -0.681. The molecule has 1 amide bonds. The summed E-state index contributed by atoms with van der Waals surface area (Å²) in [5.41, 5.74) is 5.37. The molecular weight excluding hydrogens is 296 g/mol. The van der Waals surface area contributed by atoms with Crippen LogP contribution in [0.5, 0.6) is 0 Å². The Balaban J connectivity index is 2.20. The van der Waals surface area contributed by atoms with Crippen molar-refractivity contribution in [3.8, 4) is 0 Å². The van der Waals surface area contributed by atoms with Crippen molar-refractivity contribution >= 4 is 5.91 Å². The van der Waals surface area contributed by atoms with E-state index in [1.54, 1.807) is 0 Å². The summed E-state index contributed by atoms with van der Waals surface area (Å²) in [4.78, 5) is 39.5. The number of nitrogens with two attached hydrogens (primary N) is 1. The van der Waals surface area contributed by atoms with E-state index in [1.165, 1.54) is 22.7 Å². The lowest BCUT2D eigenvalue weighted by Gasteiger charge is -2.22. The Morgan fingerprint density at radius 2 is 1.91 bits per heavy atom. The van der Waals surface area contributed by atoms with Crippen LogP contribution in [0.3, 0.4) is 0 Å². The van der Waals surface area contributed by atoms with Crippen molar-refractivity contribution in [1.29, 1.82) is 0 Å². The zero-order valence-corrected chi connectivity index (χ0v) is 13.0. The van der Waals surface area contributed by atoms with Crippen molar-refractivity contribution in [3.63, 3.8) is 0 Å². The third-order valence-electron chi connectivity index (χ3n) is 3.54. The number of carbonyl (C=O) groups is 1. The fourth-order valence-electron chi connectivity index (χ4n) is 2.27. The fourth-order valence-corrected chi connectivity index (χ4v) is 2.27. The van der Waals surface area contributed by atoms with Gasteiger partial charge in [-0.05, 0) is 12.0 Å². The molecule has 0 aliphatic rings. The molecule has 2 rings (SSSR count). The lowest BCUT2D eigenvalue weighted by molar-refractivity contribution is 0.0759. The minimum Gasteiger partial charge on any atom is -0.337 e. The fraction of sp³-hybridized carbons (Fsp3) is 0.312. The highest BCUT2D eigenvalue weighted by Gasteiger charge is 2.19. The van der Waals surface area contributed by atoms with Crippen LogP contribution in [-0.2, 0) is 13.5 Å². The number of aromatic nitrogens is 2. The van der Waals surface area contributed by atoms with E-state index in [4.69, 9.17) is 5.73 Å². The van der Waals surface area contributed by atoms with Crippen LogP contribution in [0, 0.1) is 0 Å². The Morgan fingerprint density at radius 1 is 1.22 bits per heavy atom. The quantitative estimate of drug-likeness (QED) is 0.765. The predicted octanol–water partition coefficient (Wildman–Crippen LogP) is -0.283. The first-order valence-electron chi connectivity index (χ1n) is 7.36. The van der Waals surface area contributed by atoms with E-state index in [0.29, 0.717) is 26.1 Å². The maximum Gasteiger partial charge on any atom is 0.328 e. The number of hydrogen-bond donors (Lipinski definition) is 2. The van der Waals surface area contributed by atoms with Gasteiger partial charge < -0.3 is 15.2 Å². The van der Waals surface area contributed by atoms with Crippen molar-refractivity contribution in [1.82, 2.24) is 14.5 Å². The molecule has 7 nitrogen and oxygen atoms in total. The summed E-state index contributed by atoms with van der Waals surface area (Å²) in [6.07, 6.45) is 1.92. The van der Waals surface area contributed by atoms with E-state index in [2.05, 4.69) is 4.98 Å². The molecule has 1 aromatic heterocycles. The van der Waals surface area contributed by atoms with Gasteiger partial charge >= 0.3 is 5.69 Å². The van der Waals surface area contributed by atoms with Gasteiger partial charge in [-0.1, -0.05) is 30.3 Å². The largest absolute Gasteiger partial charge is 0.337 e. The highest BCUT2D eigenvalue weighted by molar-refractivity contribution is 5.93. The van der Waals surface area contributed by atoms with E-state index in [-0.39, 0.29) is 5.56 Å². The Bertz CT molecular complexity index is 780. The number of carbonyl (C=O) groups excluding carboxylic acids is 1. The SMILES string of the molecule is Cn1cc(C(=O)N(CCN)CCc2ccccc2)c(=O)[nH]c1=O. The Hall–Kier alpha value is -2.67. The van der Waals surface area contributed by atoms with Crippen LogP contribution in [0.25, 0.3) is 0 Å². The van der Waals surface area contributed by atoms with Gasteiger partial charge in [0.25, 0.3) is 11.5 Å². The number of nitrogens with zero attached hydrogens (tertiary/aromatic N) is 2. The molecule has 0 aliphatic carbocycles. The number of aryl methyl sites for hydroxylation is 1. The summed E-state index contributed by atoms with van der Waals surface area (Å²) >= 11 is 0.